The van der Waals surface area contributed by atoms with Crippen molar-refractivity contribution in [3.63, 3.8) is 0 Å². The Balaban J connectivity index is 2.15. The predicted octanol–water partition coefficient (Wildman–Crippen LogP) is 4.34. The molecule has 33 heavy (non-hydrogen) atoms. The summed E-state index contributed by atoms with van der Waals surface area (Å²) in [5.74, 6) is -2.74. The minimum absolute atomic E-state index is 0.0184. The third kappa shape index (κ3) is 4.93. The second kappa shape index (κ2) is 9.50. The molecule has 3 rings (SSSR count). The number of nitrogens with zero attached hydrogens (tertiary/aromatic N) is 1. The van der Waals surface area contributed by atoms with Gasteiger partial charge < -0.3 is 15.2 Å². The van der Waals surface area contributed by atoms with Crippen molar-refractivity contribution in [2.24, 2.45) is 0 Å². The zero-order valence-corrected chi connectivity index (χ0v) is 18.4. The van der Waals surface area contributed by atoms with Gasteiger partial charge in [0.2, 0.25) is 0 Å². The van der Waals surface area contributed by atoms with Gasteiger partial charge in [0.15, 0.2) is 0 Å². The molecule has 0 aliphatic carbocycles. The minimum Gasteiger partial charge on any atom is -0.497 e. The summed E-state index contributed by atoms with van der Waals surface area (Å²) in [5, 5.41) is 22.4. The number of hydrogen-bond donors (Lipinski definition) is 2. The van der Waals surface area contributed by atoms with E-state index in [0.29, 0.717) is 10.6 Å². The van der Waals surface area contributed by atoms with Gasteiger partial charge in [-0.05, 0) is 42.8 Å². The number of hydrogen-bond acceptors (Lipinski definition) is 5. The van der Waals surface area contributed by atoms with E-state index in [-0.39, 0.29) is 28.3 Å². The van der Waals surface area contributed by atoms with E-state index >= 15 is 0 Å². The van der Waals surface area contributed by atoms with Crippen molar-refractivity contribution in [1.82, 2.24) is 5.32 Å². The number of benzene rings is 2. The summed E-state index contributed by atoms with van der Waals surface area (Å²) in [5.41, 5.74) is -1.81. The topological polar surface area (TPSA) is 99.4 Å². The van der Waals surface area contributed by atoms with Crippen molar-refractivity contribution >= 4 is 16.8 Å². The van der Waals surface area contributed by atoms with Crippen LogP contribution in [0, 0.1) is 11.3 Å². The first-order valence-corrected chi connectivity index (χ1v) is 10.9. The number of nitriles is 1. The average molecular weight is 476 g/mol. The number of carboxylic acid groups (broad SMARTS) is 1. The summed E-state index contributed by atoms with van der Waals surface area (Å²) in [6, 6.07) is 12.7. The largest absolute Gasteiger partial charge is 0.497 e. The highest BCUT2D eigenvalue weighted by molar-refractivity contribution is 7.85. The monoisotopic (exact) mass is 476 g/mol. The van der Waals surface area contributed by atoms with Crippen molar-refractivity contribution in [3.8, 4) is 11.8 Å². The number of halogens is 3. The van der Waals surface area contributed by atoms with Gasteiger partial charge in [-0.3, -0.25) is 4.21 Å². The summed E-state index contributed by atoms with van der Waals surface area (Å²) in [6.45, 7) is 1.47. The van der Waals surface area contributed by atoms with Crippen LogP contribution in [0.4, 0.5) is 13.2 Å². The summed E-state index contributed by atoms with van der Waals surface area (Å²) in [6.07, 6.45) is -4.76. The fourth-order valence-electron chi connectivity index (χ4n) is 3.67. The molecule has 0 fully saturated rings. The Morgan fingerprint density at radius 1 is 1.21 bits per heavy atom. The van der Waals surface area contributed by atoms with Crippen molar-refractivity contribution in [1.29, 1.82) is 5.26 Å². The molecule has 2 unspecified atom stereocenters. The number of rotatable bonds is 6. The first-order valence-electron chi connectivity index (χ1n) is 9.61. The standard InChI is InChI=1S/C23H19F3N2O4S/c1-13-17(11-27)20(16-5-3-4-6-18(16)23(24,25)26)21(22(29)30)19(28-13)12-33(31)15-9-7-14(32-2)8-10-15/h3-10,20,28H,12H2,1-2H3,(H,29,30). The highest BCUT2D eigenvalue weighted by atomic mass is 32.2. The molecular formula is C23H19F3N2O4S. The number of methoxy groups -OCH3 is 1. The molecule has 2 N–H and O–H groups in total. The van der Waals surface area contributed by atoms with Crippen LogP contribution in [-0.4, -0.2) is 28.1 Å². The van der Waals surface area contributed by atoms with E-state index in [1.54, 1.807) is 24.3 Å². The van der Waals surface area contributed by atoms with E-state index in [1.807, 2.05) is 6.07 Å². The number of allylic oxidation sites excluding steroid dienone is 2. The van der Waals surface area contributed by atoms with E-state index in [1.165, 1.54) is 26.2 Å². The molecule has 0 amide bonds. The van der Waals surface area contributed by atoms with Crippen molar-refractivity contribution < 1.29 is 32.0 Å². The van der Waals surface area contributed by atoms with Crippen LogP contribution in [-0.2, 0) is 21.8 Å². The Bertz CT molecular complexity index is 1210. The highest BCUT2D eigenvalue weighted by Gasteiger charge is 2.41. The van der Waals surface area contributed by atoms with E-state index in [4.69, 9.17) is 4.74 Å². The first kappa shape index (κ1) is 24.1. The molecule has 6 nitrogen and oxygen atoms in total. The van der Waals surface area contributed by atoms with Crippen LogP contribution < -0.4 is 10.1 Å². The van der Waals surface area contributed by atoms with Gasteiger partial charge in [0.05, 0.1) is 52.4 Å². The van der Waals surface area contributed by atoms with Crippen LogP contribution in [0.3, 0.4) is 0 Å². The number of alkyl halides is 3. The second-order valence-corrected chi connectivity index (χ2v) is 8.61. The lowest BCUT2D eigenvalue weighted by atomic mass is 9.79. The van der Waals surface area contributed by atoms with Gasteiger partial charge in [0.25, 0.3) is 0 Å². The molecular weight excluding hydrogens is 457 g/mol. The fraction of sp³-hybridized carbons (Fsp3) is 0.217. The average Bonchev–Trinajstić information content (AvgIpc) is 2.77. The fourth-order valence-corrected chi connectivity index (χ4v) is 4.77. The molecule has 1 aliphatic heterocycles. The normalized spacial score (nSPS) is 17.3. The van der Waals surface area contributed by atoms with Crippen LogP contribution in [0.5, 0.6) is 5.75 Å². The Hall–Kier alpha value is -3.58. The lowest BCUT2D eigenvalue weighted by Gasteiger charge is -2.30. The van der Waals surface area contributed by atoms with Crippen molar-refractivity contribution in [2.45, 2.75) is 23.9 Å². The van der Waals surface area contributed by atoms with Gasteiger partial charge in [0, 0.05) is 16.3 Å². The van der Waals surface area contributed by atoms with Gasteiger partial charge >= 0.3 is 12.1 Å². The molecule has 1 heterocycles. The number of nitrogens with one attached hydrogen (secondary N) is 1. The molecule has 0 saturated heterocycles. The molecule has 0 aromatic heterocycles. The van der Waals surface area contributed by atoms with Crippen molar-refractivity contribution in [3.05, 3.63) is 82.2 Å². The maximum absolute atomic E-state index is 13.7. The molecule has 2 aromatic carbocycles. The Morgan fingerprint density at radius 2 is 1.85 bits per heavy atom. The Morgan fingerprint density at radius 3 is 2.39 bits per heavy atom. The van der Waals surface area contributed by atoms with Gasteiger partial charge in [-0.2, -0.15) is 18.4 Å². The molecule has 0 bridgehead atoms. The van der Waals surface area contributed by atoms with Gasteiger partial charge in [0.1, 0.15) is 5.75 Å². The lowest BCUT2D eigenvalue weighted by Crippen LogP contribution is -2.32. The number of ether oxygens (including phenoxy) is 1. The third-order valence-corrected chi connectivity index (χ3v) is 6.52. The highest BCUT2D eigenvalue weighted by Crippen LogP contribution is 2.43. The summed E-state index contributed by atoms with van der Waals surface area (Å²) < 4.78 is 59.1. The molecule has 1 aliphatic rings. The van der Waals surface area contributed by atoms with Gasteiger partial charge in [-0.15, -0.1) is 0 Å². The molecule has 0 radical (unpaired) electrons. The van der Waals surface area contributed by atoms with Crippen LogP contribution in [0.2, 0.25) is 0 Å². The van der Waals surface area contributed by atoms with E-state index in [2.05, 4.69) is 5.32 Å². The maximum atomic E-state index is 13.7. The number of carboxylic acids is 1. The summed E-state index contributed by atoms with van der Waals surface area (Å²) in [7, 11) is -0.242. The van der Waals surface area contributed by atoms with E-state index < -0.39 is 40.0 Å². The number of dihydropyridines is 1. The number of aliphatic carboxylic acids is 1. The first-order chi connectivity index (χ1) is 15.6. The van der Waals surface area contributed by atoms with E-state index in [0.717, 1.165) is 12.1 Å². The molecule has 0 saturated carbocycles. The summed E-state index contributed by atoms with van der Waals surface area (Å²) in [4.78, 5) is 12.6. The van der Waals surface area contributed by atoms with Crippen LogP contribution in [0.15, 0.2) is 76.0 Å². The Kier molecular flexibility index (Phi) is 6.93. The van der Waals surface area contributed by atoms with Gasteiger partial charge in [-0.1, -0.05) is 18.2 Å². The molecule has 0 spiro atoms. The van der Waals surface area contributed by atoms with Crippen molar-refractivity contribution in [2.75, 3.05) is 12.9 Å². The van der Waals surface area contributed by atoms with E-state index in [9.17, 15) is 32.5 Å². The lowest BCUT2D eigenvalue weighted by molar-refractivity contribution is -0.139. The third-order valence-electron chi connectivity index (χ3n) is 5.17. The minimum atomic E-state index is -4.76. The maximum Gasteiger partial charge on any atom is 0.416 e. The second-order valence-electron chi connectivity index (χ2n) is 7.16. The number of carbonyl (C=O) groups is 1. The zero-order chi connectivity index (χ0) is 24.3. The molecule has 10 heteroatoms. The van der Waals surface area contributed by atoms with Crippen LogP contribution >= 0.6 is 0 Å². The quantitative estimate of drug-likeness (QED) is 0.643. The molecule has 2 atom stereocenters. The predicted molar refractivity (Wildman–Crippen MR) is 115 cm³/mol. The van der Waals surface area contributed by atoms with Crippen LogP contribution in [0.25, 0.3) is 0 Å². The SMILES string of the molecule is COc1ccc(S(=O)CC2=C(C(=O)O)C(c3ccccc3C(F)(F)F)C(C#N)=C(C)N2)cc1. The smallest absolute Gasteiger partial charge is 0.416 e. The van der Waals surface area contributed by atoms with Crippen LogP contribution in [0.1, 0.15) is 24.0 Å². The zero-order valence-electron chi connectivity index (χ0n) is 17.6. The molecule has 2 aromatic rings. The van der Waals surface area contributed by atoms with Gasteiger partial charge in [-0.25, -0.2) is 4.79 Å². The molecule has 172 valence electrons. The summed E-state index contributed by atoms with van der Waals surface area (Å²) >= 11 is 0. The Labute approximate surface area is 190 Å².